The number of allylic oxidation sites excluding steroid dienone is 15. The van der Waals surface area contributed by atoms with Crippen molar-refractivity contribution in [1.29, 1.82) is 0 Å². The van der Waals surface area contributed by atoms with Crippen molar-refractivity contribution in [3.63, 3.8) is 0 Å². The average Bonchev–Trinajstić information content (AvgIpc) is 3.22. The van der Waals surface area contributed by atoms with Crippen molar-refractivity contribution in [3.8, 4) is 0 Å². The highest BCUT2D eigenvalue weighted by molar-refractivity contribution is 5.76. The molecule has 1 amide bonds. The number of carbonyl (C=O) groups is 1. The normalized spacial score (nSPS) is 21.8. The van der Waals surface area contributed by atoms with Crippen LogP contribution in [0.2, 0.25) is 0 Å². The molecular weight excluding hydrogens is 731 g/mol. The minimum atomic E-state index is -1.57. The van der Waals surface area contributed by atoms with E-state index in [0.29, 0.717) is 6.42 Å². The molecule has 0 aromatic heterocycles. The van der Waals surface area contributed by atoms with Crippen LogP contribution < -0.4 is 5.32 Å². The Balaban J connectivity index is 2.28. The van der Waals surface area contributed by atoms with Gasteiger partial charge in [0, 0.05) is 6.42 Å². The van der Waals surface area contributed by atoms with Gasteiger partial charge in [0.1, 0.15) is 24.4 Å². The second kappa shape index (κ2) is 38.3. The van der Waals surface area contributed by atoms with Crippen molar-refractivity contribution >= 4 is 5.91 Å². The second-order valence-electron chi connectivity index (χ2n) is 15.1. The van der Waals surface area contributed by atoms with Gasteiger partial charge >= 0.3 is 0 Å². The Kier molecular flexibility index (Phi) is 35.1. The van der Waals surface area contributed by atoms with Crippen LogP contribution in [0.15, 0.2) is 97.2 Å². The molecule has 7 atom stereocenters. The monoisotopic (exact) mass is 812 g/mol. The summed E-state index contributed by atoms with van der Waals surface area (Å²) in [6.45, 7) is 3.57. The summed E-state index contributed by atoms with van der Waals surface area (Å²) < 4.78 is 11.1. The zero-order valence-corrected chi connectivity index (χ0v) is 36.0. The fourth-order valence-electron chi connectivity index (χ4n) is 6.31. The molecule has 9 nitrogen and oxygen atoms in total. The Morgan fingerprint density at radius 1 is 0.603 bits per heavy atom. The third kappa shape index (κ3) is 28.5. The summed E-state index contributed by atoms with van der Waals surface area (Å²) in [4.78, 5) is 12.9. The van der Waals surface area contributed by atoms with Crippen LogP contribution in [-0.2, 0) is 14.3 Å². The summed E-state index contributed by atoms with van der Waals surface area (Å²) in [5.41, 5.74) is 0. The number of ether oxygens (including phenoxy) is 2. The first-order chi connectivity index (χ1) is 28.3. The maximum atomic E-state index is 12.9. The number of rotatable bonds is 35. The molecule has 1 aliphatic heterocycles. The van der Waals surface area contributed by atoms with Crippen LogP contribution in [0.25, 0.3) is 0 Å². The lowest BCUT2D eigenvalue weighted by Gasteiger charge is -2.40. The van der Waals surface area contributed by atoms with Crippen molar-refractivity contribution in [1.82, 2.24) is 5.32 Å². The highest BCUT2D eigenvalue weighted by atomic mass is 16.7. The molecule has 7 unspecified atom stereocenters. The molecule has 58 heavy (non-hydrogen) atoms. The van der Waals surface area contributed by atoms with E-state index < -0.39 is 49.5 Å². The Morgan fingerprint density at radius 3 is 1.59 bits per heavy atom. The molecule has 0 saturated carbocycles. The molecule has 0 radical (unpaired) electrons. The smallest absolute Gasteiger partial charge is 0.220 e. The quantitative estimate of drug-likeness (QED) is 0.0274. The molecular formula is C49H81NO8. The Labute approximate surface area is 352 Å². The Morgan fingerprint density at radius 2 is 1.07 bits per heavy atom. The van der Waals surface area contributed by atoms with E-state index in [1.165, 1.54) is 25.7 Å². The summed E-state index contributed by atoms with van der Waals surface area (Å²) in [7, 11) is 0. The molecule has 0 aromatic carbocycles. The van der Waals surface area contributed by atoms with Gasteiger partial charge in [-0.1, -0.05) is 162 Å². The predicted octanol–water partition coefficient (Wildman–Crippen LogP) is 9.33. The van der Waals surface area contributed by atoms with Gasteiger partial charge in [-0.25, -0.2) is 0 Å². The first kappa shape index (κ1) is 53.1. The van der Waals surface area contributed by atoms with E-state index in [1.54, 1.807) is 6.08 Å². The van der Waals surface area contributed by atoms with Crippen molar-refractivity contribution in [3.05, 3.63) is 97.2 Å². The highest BCUT2D eigenvalue weighted by Crippen LogP contribution is 2.22. The maximum absolute atomic E-state index is 12.9. The van der Waals surface area contributed by atoms with Gasteiger partial charge in [-0.3, -0.25) is 4.79 Å². The molecule has 0 bridgehead atoms. The summed E-state index contributed by atoms with van der Waals surface area (Å²) >= 11 is 0. The number of hydrogen-bond donors (Lipinski definition) is 6. The molecule has 1 rings (SSSR count). The lowest BCUT2D eigenvalue weighted by atomic mass is 9.99. The zero-order chi connectivity index (χ0) is 42.3. The molecule has 1 heterocycles. The summed E-state index contributed by atoms with van der Waals surface area (Å²) in [5.74, 6) is -0.205. The van der Waals surface area contributed by atoms with E-state index in [0.717, 1.165) is 103 Å². The standard InChI is InChI=1S/C49H81NO8/c1-3-5-7-9-11-13-14-15-16-17-18-19-20-21-22-23-24-25-26-27-28-29-30-31-33-35-37-39-45(53)50-42(43(52)38-36-34-32-12-10-8-6-4-2)41-57-49-48(56)47(55)46(54)44(40-51)58-49/h5,7,11,13,15-16,18-19,21-22,24-25,27-28,36,38,42-44,46-49,51-52,54-56H,3-4,6,8-10,12,14,17,20,23,26,29-35,37,39-41H2,1-2H3,(H,50,53)/b7-5-,13-11-,16-15-,19-18-,22-21-,25-24-,28-27-,38-36+. The SMILES string of the molecule is CC/C=C\C/C=C\C/C=C\C/C=C\C/C=C\C/C=C\C/C=C\CCCCCCCC(=O)NC(COC1OC(CO)C(O)C(O)C1O)C(O)/C=C/CCCCCCCC. The number of amides is 1. The number of aliphatic hydroxyl groups is 5. The van der Waals surface area contributed by atoms with Gasteiger partial charge < -0.3 is 40.3 Å². The second-order valence-corrected chi connectivity index (χ2v) is 15.1. The molecule has 1 saturated heterocycles. The van der Waals surface area contributed by atoms with Crippen molar-refractivity contribution in [2.24, 2.45) is 0 Å². The van der Waals surface area contributed by atoms with Crippen LogP contribution >= 0.6 is 0 Å². The van der Waals surface area contributed by atoms with Crippen LogP contribution in [0.1, 0.15) is 149 Å². The van der Waals surface area contributed by atoms with E-state index in [-0.39, 0.29) is 12.5 Å². The van der Waals surface area contributed by atoms with Gasteiger partial charge in [-0.15, -0.1) is 0 Å². The van der Waals surface area contributed by atoms with Gasteiger partial charge in [0.2, 0.25) is 5.91 Å². The lowest BCUT2D eigenvalue weighted by molar-refractivity contribution is -0.302. The fraction of sp³-hybridized carbons (Fsp3) is 0.653. The van der Waals surface area contributed by atoms with Gasteiger partial charge in [-0.2, -0.15) is 0 Å². The first-order valence-corrected chi connectivity index (χ1v) is 22.5. The molecule has 0 spiro atoms. The number of unbranched alkanes of at least 4 members (excludes halogenated alkanes) is 11. The van der Waals surface area contributed by atoms with Crippen molar-refractivity contribution in [2.45, 2.75) is 192 Å². The minimum absolute atomic E-state index is 0.204. The molecule has 6 N–H and O–H groups in total. The van der Waals surface area contributed by atoms with E-state index in [2.05, 4.69) is 104 Å². The molecule has 9 heteroatoms. The number of carbonyl (C=O) groups excluding carboxylic acids is 1. The third-order valence-electron chi connectivity index (χ3n) is 9.91. The number of nitrogens with one attached hydrogen (secondary N) is 1. The first-order valence-electron chi connectivity index (χ1n) is 22.5. The van der Waals surface area contributed by atoms with Gasteiger partial charge in [0.15, 0.2) is 6.29 Å². The minimum Gasteiger partial charge on any atom is -0.394 e. The van der Waals surface area contributed by atoms with Gasteiger partial charge in [0.25, 0.3) is 0 Å². The Hall–Kier alpha value is -2.89. The maximum Gasteiger partial charge on any atom is 0.220 e. The molecule has 1 aliphatic rings. The third-order valence-corrected chi connectivity index (χ3v) is 9.91. The molecule has 1 fully saturated rings. The van der Waals surface area contributed by atoms with Gasteiger partial charge in [-0.05, 0) is 77.0 Å². The zero-order valence-electron chi connectivity index (χ0n) is 36.0. The number of hydrogen-bond acceptors (Lipinski definition) is 8. The summed E-state index contributed by atoms with van der Waals surface area (Å²) in [5, 5.41) is 53.9. The lowest BCUT2D eigenvalue weighted by Crippen LogP contribution is -2.60. The topological polar surface area (TPSA) is 149 Å². The predicted molar refractivity (Wildman–Crippen MR) is 239 cm³/mol. The van der Waals surface area contributed by atoms with E-state index in [1.807, 2.05) is 6.08 Å². The molecule has 330 valence electrons. The van der Waals surface area contributed by atoms with Gasteiger partial charge in [0.05, 0.1) is 25.4 Å². The van der Waals surface area contributed by atoms with Crippen LogP contribution in [0.5, 0.6) is 0 Å². The molecule has 0 aromatic rings. The Bertz CT molecular complexity index is 1220. The van der Waals surface area contributed by atoms with Crippen molar-refractivity contribution in [2.75, 3.05) is 13.2 Å². The van der Waals surface area contributed by atoms with E-state index in [9.17, 15) is 30.3 Å². The number of aliphatic hydroxyl groups excluding tert-OH is 5. The summed E-state index contributed by atoms with van der Waals surface area (Å²) in [6, 6.07) is -0.819. The van der Waals surface area contributed by atoms with E-state index >= 15 is 0 Å². The fourth-order valence-corrected chi connectivity index (χ4v) is 6.31. The van der Waals surface area contributed by atoms with Crippen LogP contribution in [0, 0.1) is 0 Å². The largest absolute Gasteiger partial charge is 0.394 e. The van der Waals surface area contributed by atoms with E-state index in [4.69, 9.17) is 9.47 Å². The van der Waals surface area contributed by atoms with Crippen molar-refractivity contribution < 1.29 is 39.8 Å². The van der Waals surface area contributed by atoms with Crippen LogP contribution in [0.4, 0.5) is 0 Å². The molecule has 0 aliphatic carbocycles. The van der Waals surface area contributed by atoms with Crippen LogP contribution in [0.3, 0.4) is 0 Å². The average molecular weight is 812 g/mol. The highest BCUT2D eigenvalue weighted by Gasteiger charge is 2.44. The van der Waals surface area contributed by atoms with Crippen LogP contribution in [-0.4, -0.2) is 87.5 Å². The summed E-state index contributed by atoms with van der Waals surface area (Å²) in [6.07, 6.45) is 47.5.